The number of piperazine rings is 1. The molecule has 2 aromatic rings. The van der Waals surface area contributed by atoms with Gasteiger partial charge in [-0.05, 0) is 42.9 Å². The topological polar surface area (TPSA) is 31.4 Å². The van der Waals surface area contributed by atoms with Crippen LogP contribution in [0.1, 0.15) is 11.1 Å². The molecule has 0 aliphatic carbocycles. The number of aryl methyl sites for hydroxylation is 1. The van der Waals surface area contributed by atoms with Crippen molar-refractivity contribution in [3.05, 3.63) is 51.6 Å². The quantitative estimate of drug-likeness (QED) is 0.635. The third-order valence-corrected chi connectivity index (χ3v) is 5.48. The van der Waals surface area contributed by atoms with Gasteiger partial charge in [0, 0.05) is 43.1 Å². The molecule has 1 aliphatic heterocycles. The number of benzene rings is 1. The molecular formula is C18H17Cl2F3N4S. The third-order valence-electron chi connectivity index (χ3n) is 4.44. The van der Waals surface area contributed by atoms with Gasteiger partial charge in [-0.25, -0.2) is 4.98 Å². The zero-order valence-corrected chi connectivity index (χ0v) is 17.2. The van der Waals surface area contributed by atoms with E-state index in [4.69, 9.17) is 35.4 Å². The Morgan fingerprint density at radius 3 is 2.36 bits per heavy atom. The van der Waals surface area contributed by atoms with Crippen LogP contribution < -0.4 is 10.2 Å². The molecule has 0 radical (unpaired) electrons. The van der Waals surface area contributed by atoms with Crippen LogP contribution in [0.4, 0.5) is 24.7 Å². The van der Waals surface area contributed by atoms with Crippen LogP contribution in [-0.2, 0) is 6.18 Å². The first-order valence-corrected chi connectivity index (χ1v) is 9.61. The summed E-state index contributed by atoms with van der Waals surface area (Å²) in [6.45, 7) is 4.17. The normalized spacial score (nSPS) is 14.9. The standard InChI is InChI=1S/C18H17Cl2F3N4S/c1-11-2-3-13(9-14(11)19)25-17(28)27-6-4-26(5-7-27)16-15(20)8-12(10-24-16)18(21,22)23/h2-3,8-10H,4-7H2,1H3,(H,25,28). The summed E-state index contributed by atoms with van der Waals surface area (Å²) in [6, 6.07) is 6.52. The van der Waals surface area contributed by atoms with Crippen LogP contribution in [0, 0.1) is 6.92 Å². The molecule has 0 atom stereocenters. The molecule has 0 unspecified atom stereocenters. The molecule has 150 valence electrons. The largest absolute Gasteiger partial charge is 0.417 e. The van der Waals surface area contributed by atoms with Crippen LogP contribution in [0.5, 0.6) is 0 Å². The van der Waals surface area contributed by atoms with Crippen LogP contribution in [0.15, 0.2) is 30.5 Å². The predicted molar refractivity (Wildman–Crippen MR) is 110 cm³/mol. The van der Waals surface area contributed by atoms with Crippen molar-refractivity contribution in [2.45, 2.75) is 13.1 Å². The Morgan fingerprint density at radius 2 is 1.79 bits per heavy atom. The fraction of sp³-hybridized carbons (Fsp3) is 0.333. The number of nitrogens with one attached hydrogen (secondary N) is 1. The Bertz CT molecular complexity index is 884. The first-order valence-electron chi connectivity index (χ1n) is 8.45. The highest BCUT2D eigenvalue weighted by Crippen LogP contribution is 2.33. The number of aromatic nitrogens is 1. The minimum atomic E-state index is -4.47. The van der Waals surface area contributed by atoms with Gasteiger partial charge in [0.15, 0.2) is 5.11 Å². The van der Waals surface area contributed by atoms with Crippen molar-refractivity contribution in [3.63, 3.8) is 0 Å². The fourth-order valence-electron chi connectivity index (χ4n) is 2.81. The van der Waals surface area contributed by atoms with Gasteiger partial charge in [-0.1, -0.05) is 29.3 Å². The number of halogens is 5. The number of thiocarbonyl (C=S) groups is 1. The Balaban J connectivity index is 1.61. The van der Waals surface area contributed by atoms with Crippen LogP contribution >= 0.6 is 35.4 Å². The Morgan fingerprint density at radius 1 is 1.11 bits per heavy atom. The summed E-state index contributed by atoms with van der Waals surface area (Å²) in [5, 5.41) is 4.36. The summed E-state index contributed by atoms with van der Waals surface area (Å²) in [6.07, 6.45) is -3.66. The maximum Gasteiger partial charge on any atom is 0.417 e. The molecule has 2 heterocycles. The second-order valence-corrected chi connectivity index (χ2v) is 7.60. The molecule has 1 aromatic heterocycles. The van der Waals surface area contributed by atoms with E-state index in [-0.39, 0.29) is 5.02 Å². The summed E-state index contributed by atoms with van der Waals surface area (Å²) >= 11 is 17.6. The lowest BCUT2D eigenvalue weighted by molar-refractivity contribution is -0.137. The van der Waals surface area contributed by atoms with Gasteiger partial charge in [-0.15, -0.1) is 0 Å². The number of nitrogens with zero attached hydrogens (tertiary/aromatic N) is 3. The van der Waals surface area contributed by atoms with Crippen molar-refractivity contribution in [1.29, 1.82) is 0 Å². The fourth-order valence-corrected chi connectivity index (χ4v) is 3.58. The molecule has 28 heavy (non-hydrogen) atoms. The highest BCUT2D eigenvalue weighted by atomic mass is 35.5. The van der Waals surface area contributed by atoms with Gasteiger partial charge in [0.1, 0.15) is 5.82 Å². The lowest BCUT2D eigenvalue weighted by atomic mass is 10.2. The van der Waals surface area contributed by atoms with Crippen LogP contribution in [0.2, 0.25) is 10.0 Å². The number of hydrogen-bond acceptors (Lipinski definition) is 3. The average molecular weight is 449 g/mol. The van der Waals surface area contributed by atoms with E-state index in [0.717, 1.165) is 23.5 Å². The summed E-state index contributed by atoms with van der Waals surface area (Å²) < 4.78 is 38.3. The first kappa shape index (κ1) is 21.0. The van der Waals surface area contributed by atoms with Crippen LogP contribution in [-0.4, -0.2) is 41.2 Å². The van der Waals surface area contributed by atoms with Gasteiger partial charge in [-0.2, -0.15) is 13.2 Å². The maximum atomic E-state index is 12.8. The van der Waals surface area contributed by atoms with Crippen molar-refractivity contribution in [3.8, 4) is 0 Å². The van der Waals surface area contributed by atoms with E-state index in [0.29, 0.717) is 42.1 Å². The number of pyridine rings is 1. The number of hydrogen-bond donors (Lipinski definition) is 1. The van der Waals surface area contributed by atoms with Crippen molar-refractivity contribution in [2.75, 3.05) is 36.4 Å². The van der Waals surface area contributed by atoms with E-state index in [1.807, 2.05) is 34.9 Å². The Kier molecular flexibility index (Phi) is 6.21. The molecule has 1 fully saturated rings. The summed E-state index contributed by atoms with van der Waals surface area (Å²) in [7, 11) is 0. The van der Waals surface area contributed by atoms with Gasteiger partial charge >= 0.3 is 6.18 Å². The summed E-state index contributed by atoms with van der Waals surface area (Å²) in [5.74, 6) is 0.346. The molecular weight excluding hydrogens is 432 g/mol. The molecule has 1 saturated heterocycles. The van der Waals surface area contributed by atoms with Crippen molar-refractivity contribution >= 4 is 52.0 Å². The van der Waals surface area contributed by atoms with Gasteiger partial charge in [0.2, 0.25) is 0 Å². The number of alkyl halides is 3. The van der Waals surface area contributed by atoms with Crippen LogP contribution in [0.3, 0.4) is 0 Å². The summed E-state index contributed by atoms with van der Waals surface area (Å²) in [4.78, 5) is 7.75. The van der Waals surface area contributed by atoms with Crippen LogP contribution in [0.25, 0.3) is 0 Å². The highest BCUT2D eigenvalue weighted by molar-refractivity contribution is 7.80. The summed E-state index contributed by atoms with van der Waals surface area (Å²) in [5.41, 5.74) is 0.921. The van der Waals surface area contributed by atoms with E-state index in [9.17, 15) is 13.2 Å². The second-order valence-electron chi connectivity index (χ2n) is 6.40. The Labute approximate surface area is 176 Å². The molecule has 1 aliphatic rings. The number of anilines is 2. The van der Waals surface area contributed by atoms with Gasteiger partial charge in [0.25, 0.3) is 0 Å². The van der Waals surface area contributed by atoms with Crippen molar-refractivity contribution < 1.29 is 13.2 Å². The smallest absolute Gasteiger partial charge is 0.352 e. The molecule has 3 rings (SSSR count). The van der Waals surface area contributed by atoms with Gasteiger partial charge in [-0.3, -0.25) is 0 Å². The Hall–Kier alpha value is -1.77. The third kappa shape index (κ3) is 4.79. The van der Waals surface area contributed by atoms with E-state index in [1.54, 1.807) is 0 Å². The second kappa shape index (κ2) is 8.31. The molecule has 0 bridgehead atoms. The van der Waals surface area contributed by atoms with Crippen molar-refractivity contribution in [2.24, 2.45) is 0 Å². The first-order chi connectivity index (χ1) is 13.1. The lowest BCUT2D eigenvalue weighted by Crippen LogP contribution is -2.50. The average Bonchev–Trinajstić information content (AvgIpc) is 2.64. The molecule has 1 aromatic carbocycles. The number of rotatable bonds is 2. The molecule has 1 N–H and O–H groups in total. The van der Waals surface area contributed by atoms with E-state index in [1.165, 1.54) is 0 Å². The van der Waals surface area contributed by atoms with E-state index < -0.39 is 11.7 Å². The van der Waals surface area contributed by atoms with E-state index in [2.05, 4.69) is 10.3 Å². The molecule has 0 saturated carbocycles. The lowest BCUT2D eigenvalue weighted by Gasteiger charge is -2.37. The molecule has 0 spiro atoms. The molecule has 0 amide bonds. The van der Waals surface area contributed by atoms with E-state index >= 15 is 0 Å². The SMILES string of the molecule is Cc1ccc(NC(=S)N2CCN(c3ncc(C(F)(F)F)cc3Cl)CC2)cc1Cl. The maximum absolute atomic E-state index is 12.8. The van der Waals surface area contributed by atoms with Gasteiger partial charge in [0.05, 0.1) is 10.6 Å². The zero-order valence-electron chi connectivity index (χ0n) is 14.9. The molecule has 10 heteroatoms. The highest BCUT2D eigenvalue weighted by Gasteiger charge is 2.32. The monoisotopic (exact) mass is 448 g/mol. The van der Waals surface area contributed by atoms with Gasteiger partial charge < -0.3 is 15.1 Å². The van der Waals surface area contributed by atoms with Crippen molar-refractivity contribution in [1.82, 2.24) is 9.88 Å². The minimum absolute atomic E-state index is 0.0155. The molecule has 4 nitrogen and oxygen atoms in total. The predicted octanol–water partition coefficient (Wildman–Crippen LogP) is 5.23. The minimum Gasteiger partial charge on any atom is -0.352 e. The zero-order chi connectivity index (χ0) is 20.5.